The highest BCUT2D eigenvalue weighted by Crippen LogP contribution is 2.30. The van der Waals surface area contributed by atoms with Gasteiger partial charge in [0.05, 0.1) is 10.7 Å². The van der Waals surface area contributed by atoms with Gasteiger partial charge in [0.15, 0.2) is 5.82 Å². The standard InChI is InChI=1S/C14H20ClFN2/c1-3-17-11-7-8-18(10(2)9-11)13-6-4-5-12(15)14(13)16/h4-6,10-11,17H,3,7-9H2,1-2H3. The fraction of sp³-hybridized carbons (Fsp3) is 0.571. The van der Waals surface area contributed by atoms with Gasteiger partial charge in [-0.05, 0) is 38.4 Å². The van der Waals surface area contributed by atoms with E-state index in [0.717, 1.165) is 25.9 Å². The van der Waals surface area contributed by atoms with Crippen LogP contribution in [0.5, 0.6) is 0 Å². The van der Waals surface area contributed by atoms with Crippen LogP contribution in [0.15, 0.2) is 18.2 Å². The van der Waals surface area contributed by atoms with Crippen LogP contribution in [0.3, 0.4) is 0 Å². The fourth-order valence-electron chi connectivity index (χ4n) is 2.72. The topological polar surface area (TPSA) is 15.3 Å². The Kier molecular flexibility index (Phi) is 4.46. The second kappa shape index (κ2) is 5.89. The molecule has 0 radical (unpaired) electrons. The highest BCUT2D eigenvalue weighted by atomic mass is 35.5. The predicted molar refractivity (Wildman–Crippen MR) is 74.9 cm³/mol. The molecular weight excluding hydrogens is 251 g/mol. The van der Waals surface area contributed by atoms with Crippen LogP contribution in [0.1, 0.15) is 26.7 Å². The highest BCUT2D eigenvalue weighted by molar-refractivity contribution is 6.31. The maximum atomic E-state index is 14.0. The van der Waals surface area contributed by atoms with Crippen molar-refractivity contribution in [1.82, 2.24) is 5.32 Å². The number of anilines is 1. The molecule has 2 unspecified atom stereocenters. The van der Waals surface area contributed by atoms with E-state index in [1.165, 1.54) is 0 Å². The molecule has 4 heteroatoms. The van der Waals surface area contributed by atoms with Gasteiger partial charge in [0.1, 0.15) is 0 Å². The summed E-state index contributed by atoms with van der Waals surface area (Å²) in [4.78, 5) is 2.12. The minimum atomic E-state index is -0.298. The van der Waals surface area contributed by atoms with Gasteiger partial charge < -0.3 is 10.2 Å². The first-order chi connectivity index (χ1) is 8.63. The molecule has 0 saturated carbocycles. The number of hydrogen-bond acceptors (Lipinski definition) is 2. The molecule has 1 N–H and O–H groups in total. The zero-order valence-corrected chi connectivity index (χ0v) is 11.7. The summed E-state index contributed by atoms with van der Waals surface area (Å²) in [5.74, 6) is -0.298. The second-order valence-electron chi connectivity index (χ2n) is 4.89. The van der Waals surface area contributed by atoms with E-state index in [4.69, 9.17) is 11.6 Å². The van der Waals surface area contributed by atoms with Crippen molar-refractivity contribution < 1.29 is 4.39 Å². The number of hydrogen-bond donors (Lipinski definition) is 1. The first-order valence-electron chi connectivity index (χ1n) is 6.57. The summed E-state index contributed by atoms with van der Waals surface area (Å²) in [6.07, 6.45) is 2.09. The van der Waals surface area contributed by atoms with Crippen LogP contribution in [0.4, 0.5) is 10.1 Å². The molecule has 1 fully saturated rings. The molecule has 2 nitrogen and oxygen atoms in total. The van der Waals surface area contributed by atoms with E-state index in [1.807, 2.05) is 12.1 Å². The van der Waals surface area contributed by atoms with Crippen molar-refractivity contribution in [2.45, 2.75) is 38.8 Å². The maximum absolute atomic E-state index is 14.0. The third-order valence-electron chi connectivity index (χ3n) is 3.61. The van der Waals surface area contributed by atoms with Gasteiger partial charge in [0.2, 0.25) is 0 Å². The van der Waals surface area contributed by atoms with Crippen LogP contribution >= 0.6 is 11.6 Å². The van der Waals surface area contributed by atoms with E-state index in [9.17, 15) is 4.39 Å². The van der Waals surface area contributed by atoms with Crippen molar-refractivity contribution >= 4 is 17.3 Å². The SMILES string of the molecule is CCNC1CCN(c2cccc(Cl)c2F)C(C)C1. The Morgan fingerprint density at radius 2 is 2.28 bits per heavy atom. The lowest BCUT2D eigenvalue weighted by molar-refractivity contribution is 0.371. The molecule has 0 aromatic heterocycles. The van der Waals surface area contributed by atoms with Gasteiger partial charge in [-0.3, -0.25) is 0 Å². The molecule has 0 spiro atoms. The smallest absolute Gasteiger partial charge is 0.165 e. The molecule has 1 saturated heterocycles. The number of nitrogens with zero attached hydrogens (tertiary/aromatic N) is 1. The average Bonchev–Trinajstić information content (AvgIpc) is 2.34. The molecule has 18 heavy (non-hydrogen) atoms. The Labute approximate surface area is 113 Å². The average molecular weight is 271 g/mol. The number of halogens is 2. The van der Waals surface area contributed by atoms with Crippen LogP contribution in [0, 0.1) is 5.82 Å². The highest BCUT2D eigenvalue weighted by Gasteiger charge is 2.27. The van der Waals surface area contributed by atoms with Crippen LogP contribution in [0.2, 0.25) is 5.02 Å². The van der Waals surface area contributed by atoms with E-state index in [1.54, 1.807) is 6.07 Å². The lowest BCUT2D eigenvalue weighted by Gasteiger charge is -2.39. The van der Waals surface area contributed by atoms with Crippen LogP contribution in [-0.2, 0) is 0 Å². The van der Waals surface area contributed by atoms with Crippen LogP contribution in [-0.4, -0.2) is 25.2 Å². The second-order valence-corrected chi connectivity index (χ2v) is 5.30. The quantitative estimate of drug-likeness (QED) is 0.905. The Balaban J connectivity index is 2.13. The van der Waals surface area contributed by atoms with Crippen molar-refractivity contribution in [3.63, 3.8) is 0 Å². The minimum absolute atomic E-state index is 0.202. The first-order valence-corrected chi connectivity index (χ1v) is 6.95. The summed E-state index contributed by atoms with van der Waals surface area (Å²) in [6, 6.07) is 6.09. The minimum Gasteiger partial charge on any atom is -0.366 e. The van der Waals surface area contributed by atoms with Gasteiger partial charge in [-0.15, -0.1) is 0 Å². The Morgan fingerprint density at radius 1 is 1.50 bits per heavy atom. The molecule has 1 aliphatic heterocycles. The first kappa shape index (κ1) is 13.6. The van der Waals surface area contributed by atoms with Gasteiger partial charge >= 0.3 is 0 Å². The van der Waals surface area contributed by atoms with Crippen molar-refractivity contribution in [3.05, 3.63) is 29.0 Å². The zero-order valence-electron chi connectivity index (χ0n) is 10.9. The Bertz CT molecular complexity index is 411. The molecule has 1 aliphatic rings. The Hall–Kier alpha value is -0.800. The maximum Gasteiger partial charge on any atom is 0.165 e. The van der Waals surface area contributed by atoms with Crippen molar-refractivity contribution in [2.24, 2.45) is 0 Å². The summed E-state index contributed by atoms with van der Waals surface area (Å²) in [6.45, 7) is 6.12. The lowest BCUT2D eigenvalue weighted by Crippen LogP contribution is -2.47. The summed E-state index contributed by atoms with van der Waals surface area (Å²) >= 11 is 5.85. The Morgan fingerprint density at radius 3 is 2.94 bits per heavy atom. The molecule has 1 heterocycles. The summed E-state index contributed by atoms with van der Waals surface area (Å²) in [5, 5.41) is 3.67. The molecule has 1 aromatic rings. The van der Waals surface area contributed by atoms with Crippen LogP contribution in [0.25, 0.3) is 0 Å². The molecule has 0 aliphatic carbocycles. The van der Waals surface area contributed by atoms with Crippen molar-refractivity contribution in [3.8, 4) is 0 Å². The van der Waals surface area contributed by atoms with Crippen molar-refractivity contribution in [1.29, 1.82) is 0 Å². The van der Waals surface area contributed by atoms with E-state index in [0.29, 0.717) is 17.8 Å². The number of rotatable bonds is 3. The fourth-order valence-corrected chi connectivity index (χ4v) is 2.89. The van der Waals surface area contributed by atoms with Gasteiger partial charge in [-0.25, -0.2) is 4.39 Å². The molecule has 0 bridgehead atoms. The van der Waals surface area contributed by atoms with E-state index in [-0.39, 0.29) is 10.8 Å². The van der Waals surface area contributed by atoms with Gasteiger partial charge in [-0.1, -0.05) is 24.6 Å². The van der Waals surface area contributed by atoms with E-state index in [2.05, 4.69) is 24.1 Å². The van der Waals surface area contributed by atoms with Gasteiger partial charge in [0.25, 0.3) is 0 Å². The van der Waals surface area contributed by atoms with Gasteiger partial charge in [0, 0.05) is 18.6 Å². The third-order valence-corrected chi connectivity index (χ3v) is 3.90. The number of piperidine rings is 1. The van der Waals surface area contributed by atoms with E-state index >= 15 is 0 Å². The predicted octanol–water partition coefficient (Wildman–Crippen LogP) is 3.45. The van der Waals surface area contributed by atoms with Crippen molar-refractivity contribution in [2.75, 3.05) is 18.0 Å². The number of nitrogens with one attached hydrogen (secondary N) is 1. The number of benzene rings is 1. The molecule has 100 valence electrons. The molecule has 1 aromatic carbocycles. The summed E-state index contributed by atoms with van der Waals surface area (Å²) in [5.41, 5.74) is 0.630. The van der Waals surface area contributed by atoms with Gasteiger partial charge in [-0.2, -0.15) is 0 Å². The molecule has 0 amide bonds. The zero-order chi connectivity index (χ0) is 13.1. The lowest BCUT2D eigenvalue weighted by atomic mass is 9.97. The molecule has 2 atom stereocenters. The largest absolute Gasteiger partial charge is 0.366 e. The summed E-state index contributed by atoms with van der Waals surface area (Å²) < 4.78 is 14.0. The summed E-state index contributed by atoms with van der Waals surface area (Å²) in [7, 11) is 0. The normalized spacial score (nSPS) is 24.3. The third kappa shape index (κ3) is 2.78. The van der Waals surface area contributed by atoms with Crippen LogP contribution < -0.4 is 10.2 Å². The van der Waals surface area contributed by atoms with E-state index < -0.39 is 0 Å². The molecule has 2 rings (SSSR count). The monoisotopic (exact) mass is 270 g/mol. The molecular formula is C14H20ClFN2.